The smallest absolute Gasteiger partial charge is 0.164 e. The highest BCUT2D eigenvalue weighted by atomic mass is 32.1. The summed E-state index contributed by atoms with van der Waals surface area (Å²) in [5, 5.41) is 13.4. The summed E-state index contributed by atoms with van der Waals surface area (Å²) in [5.74, 6) is 1.99. The molecule has 3 aliphatic rings. The first-order valence-electron chi connectivity index (χ1n) is 46.0. The first kappa shape index (κ1) is 81.5. The molecule has 6 aromatic heterocycles. The van der Waals surface area contributed by atoms with Crippen molar-refractivity contribution < 1.29 is 0 Å². The molecule has 0 unspecified atom stereocenters. The van der Waals surface area contributed by atoms with Crippen molar-refractivity contribution in [2.45, 2.75) is 116 Å². The van der Waals surface area contributed by atoms with Gasteiger partial charge in [-0.2, -0.15) is 0 Å². The van der Waals surface area contributed by atoms with Crippen LogP contribution in [0.1, 0.15) is 116 Å². The maximum atomic E-state index is 5.00. The molecular weight excluding hydrogens is 1680 g/mol. The minimum Gasteiger partial charge on any atom is -0.310 e. The van der Waals surface area contributed by atoms with E-state index in [1.165, 1.54) is 192 Å². The predicted octanol–water partition coefficient (Wildman–Crippen LogP) is 35.7. The van der Waals surface area contributed by atoms with E-state index in [9.17, 15) is 0 Å². The summed E-state index contributed by atoms with van der Waals surface area (Å²) < 4.78 is 13.4. The van der Waals surface area contributed by atoms with Crippen molar-refractivity contribution in [3.63, 3.8) is 0 Å². The van der Waals surface area contributed by atoms with E-state index in [4.69, 9.17) is 15.0 Å². The SMILES string of the molecule is CC1(C)c2cc(-c3cccc(-c4nc(-c5ccccc5)nc(-c5ccccc5)n4)c3)ccc2-c2c(ccc3c2sc2ccccc23)C1(C)C.CC1(C)c2cc(-n3c4ccccc4c4ccccc43)ccc2-c2ccc3c(sc4ccccc43)c2C1(C)C.CC1(C)c2cc(N(c3ccccc3)c3ccc4sc5ccccc5c4c3)ccc2-c2cc3c(cc2C1(C)C)sc1ccccc13. The first-order chi connectivity index (χ1) is 64.0. The number of hydrogen-bond acceptors (Lipinski definition) is 8. The summed E-state index contributed by atoms with van der Waals surface area (Å²) >= 11 is 7.66. The zero-order valence-corrected chi connectivity index (χ0v) is 79.4. The molecule has 23 aromatic rings. The van der Waals surface area contributed by atoms with Gasteiger partial charge in [-0.05, 0) is 215 Å². The lowest BCUT2D eigenvalue weighted by Gasteiger charge is -2.48. The number of fused-ring (bicyclic) bond motifs is 26. The lowest BCUT2D eigenvalue weighted by Crippen LogP contribution is -2.43. The van der Waals surface area contributed by atoms with Crippen LogP contribution >= 0.6 is 45.3 Å². The lowest BCUT2D eigenvalue weighted by molar-refractivity contribution is 0.299. The van der Waals surface area contributed by atoms with Gasteiger partial charge in [0.15, 0.2) is 17.5 Å². The second kappa shape index (κ2) is 30.4. The number of nitrogens with zero attached hydrogens (tertiary/aromatic N) is 5. The molecule has 0 aliphatic heterocycles. The Kier molecular flexibility index (Phi) is 18.8. The summed E-state index contributed by atoms with van der Waals surface area (Å²) in [4.78, 5) is 17.3. The zero-order chi connectivity index (χ0) is 89.6. The molecular formula is C123H97N5S4. The molecule has 0 N–H and O–H groups in total. The van der Waals surface area contributed by atoms with Crippen LogP contribution in [0.3, 0.4) is 0 Å². The molecule has 0 amide bonds. The largest absolute Gasteiger partial charge is 0.310 e. The van der Waals surface area contributed by atoms with Gasteiger partial charge >= 0.3 is 0 Å². The quantitative estimate of drug-likeness (QED) is 0.152. The Bertz CT molecular complexity index is 8550. The standard InChI is InChI=1S/C45H35N3S.C42H33NS2.C36H29NS/c1-44(2)36-25-24-34-33-20-11-12-21-38(33)49-40(34)39(36)35-23-22-31(27-37(35)45(44,3)4)30-18-13-19-32(26-30)43-47-41(28-14-7-5-8-15-28)46-42(48-43)29-16-9-6-10-17-29;1-41(2)35-23-28(18-20-29(35)32-24-34-31-15-9-11-17-38(31)45-40(34)25-36(32)42(41,3)4)43(26-12-6-5-7-13-26)27-19-21-39-33(22-27)30-14-8-10-16-37(30)44-39;1-35(2)29-21-22(37-30-14-8-5-11-24(30)25-12-6-9-15-31(25)37)17-18-23(29)27-19-20-28-26-13-7-10-16-32(26)38-34(28)33(27)36(35,3)4/h5-27H,1-4H3;5-25H,1-4H3;5-21H,1-4H3. The van der Waals surface area contributed by atoms with E-state index in [1.807, 2.05) is 106 Å². The van der Waals surface area contributed by atoms with E-state index in [-0.39, 0.29) is 32.5 Å². The Hall–Kier alpha value is -13.8. The minimum atomic E-state index is -0.101. The fourth-order valence-electron chi connectivity index (χ4n) is 21.9. The topological polar surface area (TPSA) is 46.8 Å². The van der Waals surface area contributed by atoms with Crippen LogP contribution in [0.25, 0.3) is 187 Å². The molecule has 0 saturated carbocycles. The molecule has 9 heteroatoms. The molecule has 5 nitrogen and oxygen atoms in total. The lowest BCUT2D eigenvalue weighted by atomic mass is 9.55. The molecule has 638 valence electrons. The molecule has 0 atom stereocenters. The third-order valence-electron chi connectivity index (χ3n) is 31.0. The highest BCUT2D eigenvalue weighted by Gasteiger charge is 2.50. The van der Waals surface area contributed by atoms with Crippen LogP contribution in [0.2, 0.25) is 0 Å². The Morgan fingerprint density at radius 2 is 0.621 bits per heavy atom. The summed E-state index contributed by atoms with van der Waals surface area (Å²) in [7, 11) is 0. The maximum absolute atomic E-state index is 5.00. The van der Waals surface area contributed by atoms with Crippen molar-refractivity contribution in [1.82, 2.24) is 19.5 Å². The monoisotopic (exact) mass is 1770 g/mol. The highest BCUT2D eigenvalue weighted by Crippen LogP contribution is 2.62. The number of aromatic nitrogens is 4. The van der Waals surface area contributed by atoms with Gasteiger partial charge in [0.1, 0.15) is 0 Å². The van der Waals surface area contributed by atoms with Crippen LogP contribution in [-0.2, 0) is 32.5 Å². The number of hydrogen-bond donors (Lipinski definition) is 0. The number of benzene rings is 17. The van der Waals surface area contributed by atoms with Gasteiger partial charge in [-0.25, -0.2) is 15.0 Å². The van der Waals surface area contributed by atoms with E-state index in [1.54, 1.807) is 0 Å². The van der Waals surface area contributed by atoms with Crippen molar-refractivity contribution in [1.29, 1.82) is 0 Å². The van der Waals surface area contributed by atoms with Crippen molar-refractivity contribution in [2.24, 2.45) is 0 Å². The third-order valence-corrected chi connectivity index (χ3v) is 35.7. The Balaban J connectivity index is 0.000000110. The van der Waals surface area contributed by atoms with Crippen LogP contribution in [0.5, 0.6) is 0 Å². The summed E-state index contributed by atoms with van der Waals surface area (Å²) in [6.07, 6.45) is 0. The van der Waals surface area contributed by atoms with E-state index in [2.05, 4.69) is 402 Å². The summed E-state index contributed by atoms with van der Waals surface area (Å²) in [6.45, 7) is 29.2. The second-order valence-corrected chi connectivity index (χ2v) is 43.6. The molecule has 17 aromatic carbocycles. The summed E-state index contributed by atoms with van der Waals surface area (Å²) in [5.41, 5.74) is 28.9. The summed E-state index contributed by atoms with van der Waals surface area (Å²) in [6, 6.07) is 135. The Labute approximate surface area is 786 Å². The van der Waals surface area contributed by atoms with Gasteiger partial charge in [-0.1, -0.05) is 338 Å². The number of rotatable bonds is 8. The van der Waals surface area contributed by atoms with Crippen molar-refractivity contribution in [2.75, 3.05) is 4.90 Å². The molecule has 26 rings (SSSR count). The Morgan fingerprint density at radius 3 is 1.23 bits per heavy atom. The third kappa shape index (κ3) is 12.5. The molecule has 132 heavy (non-hydrogen) atoms. The van der Waals surface area contributed by atoms with E-state index in [0.29, 0.717) is 17.5 Å². The fourth-order valence-corrected chi connectivity index (χ4v) is 26.8. The molecule has 3 aliphatic carbocycles. The van der Waals surface area contributed by atoms with Crippen LogP contribution in [0.15, 0.2) is 370 Å². The average molecular weight is 1770 g/mol. The average Bonchev–Trinajstić information content (AvgIpc) is 1.28. The highest BCUT2D eigenvalue weighted by molar-refractivity contribution is 7.27. The van der Waals surface area contributed by atoms with E-state index in [0.717, 1.165) is 27.9 Å². The van der Waals surface area contributed by atoms with E-state index >= 15 is 0 Å². The molecule has 0 saturated heterocycles. The predicted molar refractivity (Wildman–Crippen MR) is 569 cm³/mol. The van der Waals surface area contributed by atoms with Crippen molar-refractivity contribution >= 4 is 165 Å². The Morgan fingerprint density at radius 1 is 0.220 bits per heavy atom. The van der Waals surface area contributed by atoms with Crippen LogP contribution in [-0.4, -0.2) is 19.5 Å². The normalized spacial score (nSPS) is 15.0. The van der Waals surface area contributed by atoms with Gasteiger partial charge in [0.05, 0.1) is 11.0 Å². The van der Waals surface area contributed by atoms with Crippen LogP contribution in [0.4, 0.5) is 17.1 Å². The fraction of sp³-hybridized carbons (Fsp3) is 0.146. The zero-order valence-electron chi connectivity index (χ0n) is 76.1. The molecule has 0 radical (unpaired) electrons. The molecule has 0 spiro atoms. The van der Waals surface area contributed by atoms with Gasteiger partial charge in [0.25, 0.3) is 0 Å². The molecule has 6 heterocycles. The van der Waals surface area contributed by atoms with Crippen LogP contribution in [0, 0.1) is 0 Å². The van der Waals surface area contributed by atoms with Gasteiger partial charge < -0.3 is 9.47 Å². The second-order valence-electron chi connectivity index (χ2n) is 39.3. The van der Waals surface area contributed by atoms with Gasteiger partial charge in [0, 0.05) is 142 Å². The van der Waals surface area contributed by atoms with Crippen molar-refractivity contribution in [3.05, 3.63) is 403 Å². The van der Waals surface area contributed by atoms with Crippen molar-refractivity contribution in [3.8, 4) is 84.4 Å². The van der Waals surface area contributed by atoms with Crippen LogP contribution < -0.4 is 4.90 Å². The number of anilines is 3. The first-order valence-corrected chi connectivity index (χ1v) is 49.3. The van der Waals surface area contributed by atoms with Gasteiger partial charge in [-0.15, -0.1) is 45.3 Å². The molecule has 0 bridgehead atoms. The van der Waals surface area contributed by atoms with E-state index < -0.39 is 0 Å². The number of para-hydroxylation sites is 3. The molecule has 0 fully saturated rings. The minimum absolute atomic E-state index is 0.0465. The number of thiophene rings is 4. The van der Waals surface area contributed by atoms with Gasteiger partial charge in [0.2, 0.25) is 0 Å². The van der Waals surface area contributed by atoms with Gasteiger partial charge in [-0.3, -0.25) is 0 Å². The maximum Gasteiger partial charge on any atom is 0.164 e.